The predicted molar refractivity (Wildman–Crippen MR) is 70.0 cm³/mol. The highest BCUT2D eigenvalue weighted by molar-refractivity contribution is 7.46. The first kappa shape index (κ1) is 17.0. The molecule has 0 radical (unpaired) electrons. The van der Waals surface area contributed by atoms with E-state index in [1.165, 1.54) is 7.11 Å². The maximum atomic E-state index is 11.8. The van der Waals surface area contributed by atoms with E-state index < -0.39 is 50.2 Å². The minimum Gasteiger partial charge on any atom is -0.387 e. The van der Waals surface area contributed by atoms with Gasteiger partial charge in [0.1, 0.15) is 18.3 Å². The SMILES string of the molecule is COC1C(O)C(COP(=O)(O)O)OC1n1ccc(=O)[nH]c1=O. The Hall–Kier alpha value is -1.33. The van der Waals surface area contributed by atoms with Crippen molar-refractivity contribution in [1.29, 1.82) is 0 Å². The fraction of sp³-hybridized carbons (Fsp3) is 0.600. The fourth-order valence-corrected chi connectivity index (χ4v) is 2.47. The zero-order valence-electron chi connectivity index (χ0n) is 11.4. The summed E-state index contributed by atoms with van der Waals surface area (Å²) in [6, 6.07) is 1.09. The second-order valence-corrected chi connectivity index (χ2v) is 5.80. The number of methoxy groups -OCH3 is 1. The number of aliphatic hydroxyl groups is 1. The molecular weight excluding hydrogens is 323 g/mol. The molecule has 1 aromatic heterocycles. The molecule has 22 heavy (non-hydrogen) atoms. The molecule has 0 spiro atoms. The topological polar surface area (TPSA) is 160 Å². The number of aromatic nitrogens is 2. The number of aliphatic hydroxyl groups excluding tert-OH is 1. The summed E-state index contributed by atoms with van der Waals surface area (Å²) in [5.41, 5.74) is -1.38. The molecule has 4 N–H and O–H groups in total. The molecule has 1 aliphatic heterocycles. The van der Waals surface area contributed by atoms with Crippen LogP contribution in [-0.4, -0.2) is 56.5 Å². The summed E-state index contributed by atoms with van der Waals surface area (Å²) in [6.45, 7) is -0.597. The Morgan fingerprint density at radius 3 is 2.68 bits per heavy atom. The lowest BCUT2D eigenvalue weighted by atomic mass is 10.1. The maximum absolute atomic E-state index is 11.8. The van der Waals surface area contributed by atoms with Crippen LogP contribution < -0.4 is 11.2 Å². The number of ether oxygens (including phenoxy) is 2. The second-order valence-electron chi connectivity index (χ2n) is 4.56. The van der Waals surface area contributed by atoms with Crippen LogP contribution in [0.4, 0.5) is 0 Å². The molecule has 1 aliphatic rings. The first-order chi connectivity index (χ1) is 10.2. The maximum Gasteiger partial charge on any atom is 0.469 e. The molecule has 12 heteroatoms. The van der Waals surface area contributed by atoms with Crippen molar-refractivity contribution in [1.82, 2.24) is 9.55 Å². The van der Waals surface area contributed by atoms with Gasteiger partial charge in [0, 0.05) is 19.4 Å². The minimum absolute atomic E-state index is 0.597. The highest BCUT2D eigenvalue weighted by atomic mass is 31.2. The van der Waals surface area contributed by atoms with E-state index >= 15 is 0 Å². The predicted octanol–water partition coefficient (Wildman–Crippen LogP) is -2.08. The summed E-state index contributed by atoms with van der Waals surface area (Å²) >= 11 is 0. The van der Waals surface area contributed by atoms with Crippen molar-refractivity contribution in [2.24, 2.45) is 0 Å². The van der Waals surface area contributed by atoms with Crippen molar-refractivity contribution in [3.63, 3.8) is 0 Å². The Kier molecular flexibility index (Phi) is 4.97. The van der Waals surface area contributed by atoms with Crippen LogP contribution in [0.5, 0.6) is 0 Å². The molecule has 4 atom stereocenters. The Labute approximate surface area is 123 Å². The Bertz CT molecular complexity index is 679. The molecule has 11 nitrogen and oxygen atoms in total. The largest absolute Gasteiger partial charge is 0.469 e. The smallest absolute Gasteiger partial charge is 0.387 e. The zero-order valence-corrected chi connectivity index (χ0v) is 12.3. The normalized spacial score (nSPS) is 28.9. The molecule has 0 aromatic carbocycles. The number of hydrogen-bond acceptors (Lipinski definition) is 7. The van der Waals surface area contributed by atoms with Gasteiger partial charge in [-0.3, -0.25) is 18.9 Å². The Balaban J connectivity index is 2.23. The highest BCUT2D eigenvalue weighted by Crippen LogP contribution is 2.38. The molecule has 0 amide bonds. The molecule has 2 heterocycles. The van der Waals surface area contributed by atoms with Crippen LogP contribution >= 0.6 is 7.82 Å². The summed E-state index contributed by atoms with van der Waals surface area (Å²) in [7, 11) is -3.46. The van der Waals surface area contributed by atoms with E-state index in [9.17, 15) is 19.3 Å². The molecule has 2 rings (SSSR count). The van der Waals surface area contributed by atoms with Gasteiger partial charge in [0.05, 0.1) is 6.61 Å². The third-order valence-electron chi connectivity index (χ3n) is 3.12. The summed E-state index contributed by atoms with van der Waals surface area (Å²) in [4.78, 5) is 42.2. The quantitative estimate of drug-likeness (QED) is 0.442. The van der Waals surface area contributed by atoms with Gasteiger partial charge < -0.3 is 24.4 Å². The first-order valence-electron chi connectivity index (χ1n) is 6.11. The highest BCUT2D eigenvalue weighted by Gasteiger charge is 2.46. The molecule has 124 valence electrons. The number of nitrogens with zero attached hydrogens (tertiary/aromatic N) is 1. The van der Waals surface area contributed by atoms with E-state index in [1.807, 2.05) is 4.98 Å². The van der Waals surface area contributed by atoms with Crippen molar-refractivity contribution >= 4 is 7.82 Å². The lowest BCUT2D eigenvalue weighted by Crippen LogP contribution is -2.38. The van der Waals surface area contributed by atoms with E-state index in [-0.39, 0.29) is 0 Å². The van der Waals surface area contributed by atoms with Crippen molar-refractivity contribution in [2.45, 2.75) is 24.5 Å². The number of aromatic amines is 1. The summed E-state index contributed by atoms with van der Waals surface area (Å²) in [6.07, 6.45) is -3.33. The third kappa shape index (κ3) is 3.70. The van der Waals surface area contributed by atoms with Crippen molar-refractivity contribution in [3.05, 3.63) is 33.1 Å². The van der Waals surface area contributed by atoms with Gasteiger partial charge in [-0.25, -0.2) is 9.36 Å². The van der Waals surface area contributed by atoms with Gasteiger partial charge in [-0.1, -0.05) is 0 Å². The lowest BCUT2D eigenvalue weighted by Gasteiger charge is -2.19. The molecule has 0 bridgehead atoms. The lowest BCUT2D eigenvalue weighted by molar-refractivity contribution is -0.0620. The van der Waals surface area contributed by atoms with Gasteiger partial charge in [-0.2, -0.15) is 0 Å². The third-order valence-corrected chi connectivity index (χ3v) is 3.60. The van der Waals surface area contributed by atoms with E-state index in [0.717, 1.165) is 16.8 Å². The van der Waals surface area contributed by atoms with Crippen LogP contribution in [0.25, 0.3) is 0 Å². The first-order valence-corrected chi connectivity index (χ1v) is 7.64. The number of phosphoric acid groups is 1. The van der Waals surface area contributed by atoms with E-state index in [1.54, 1.807) is 0 Å². The number of rotatable bonds is 5. The van der Waals surface area contributed by atoms with Crippen molar-refractivity contribution in [2.75, 3.05) is 13.7 Å². The number of hydrogen-bond donors (Lipinski definition) is 4. The minimum atomic E-state index is -4.73. The van der Waals surface area contributed by atoms with Crippen LogP contribution in [0.2, 0.25) is 0 Å². The van der Waals surface area contributed by atoms with Crippen LogP contribution in [0, 0.1) is 0 Å². The van der Waals surface area contributed by atoms with Gasteiger partial charge in [0.25, 0.3) is 5.56 Å². The van der Waals surface area contributed by atoms with Gasteiger partial charge >= 0.3 is 13.5 Å². The summed E-state index contributed by atoms with van der Waals surface area (Å²) in [5, 5.41) is 10.1. The summed E-state index contributed by atoms with van der Waals surface area (Å²) < 4.78 is 26.4. The van der Waals surface area contributed by atoms with E-state index in [0.29, 0.717) is 0 Å². The number of phosphoric ester groups is 1. The monoisotopic (exact) mass is 338 g/mol. The number of nitrogens with one attached hydrogen (secondary N) is 1. The standard InChI is InChI=1S/C10H15N2O9P/c1-19-8-7(14)5(4-20-22(16,17)18)21-9(8)12-3-2-6(13)11-10(12)15/h2-3,5,7-9,14H,4H2,1H3,(H,11,13,15)(H2,16,17,18). The van der Waals surface area contributed by atoms with Gasteiger partial charge in [0.2, 0.25) is 0 Å². The summed E-state index contributed by atoms with van der Waals surface area (Å²) in [5.74, 6) is 0. The van der Waals surface area contributed by atoms with Gasteiger partial charge in [0.15, 0.2) is 6.23 Å². The zero-order chi connectivity index (χ0) is 16.5. The molecule has 4 unspecified atom stereocenters. The molecular formula is C10H15N2O9P. The average molecular weight is 338 g/mol. The van der Waals surface area contributed by atoms with Crippen LogP contribution in [0.15, 0.2) is 21.9 Å². The van der Waals surface area contributed by atoms with E-state index in [4.69, 9.17) is 19.3 Å². The Morgan fingerprint density at radius 2 is 2.14 bits per heavy atom. The van der Waals surface area contributed by atoms with Crippen LogP contribution in [0.1, 0.15) is 6.23 Å². The van der Waals surface area contributed by atoms with Crippen molar-refractivity contribution < 1.29 is 33.5 Å². The fourth-order valence-electron chi connectivity index (χ4n) is 2.13. The van der Waals surface area contributed by atoms with E-state index in [2.05, 4.69) is 4.52 Å². The molecule has 1 aromatic rings. The molecule has 1 saturated heterocycles. The van der Waals surface area contributed by atoms with Gasteiger partial charge in [-0.15, -0.1) is 0 Å². The van der Waals surface area contributed by atoms with Crippen LogP contribution in [0.3, 0.4) is 0 Å². The number of H-pyrrole nitrogens is 1. The molecule has 1 fully saturated rings. The van der Waals surface area contributed by atoms with Gasteiger partial charge in [-0.05, 0) is 0 Å². The average Bonchev–Trinajstić information content (AvgIpc) is 2.72. The second kappa shape index (κ2) is 6.42. The van der Waals surface area contributed by atoms with Crippen LogP contribution in [-0.2, 0) is 18.6 Å². The van der Waals surface area contributed by atoms with Crippen molar-refractivity contribution in [3.8, 4) is 0 Å². The molecule has 0 saturated carbocycles. The Morgan fingerprint density at radius 1 is 1.45 bits per heavy atom. The molecule has 0 aliphatic carbocycles.